The number of hydrogen-bond donors (Lipinski definition) is 0. The minimum Gasteiger partial charge on any atom is -0.347 e. The molecule has 0 bridgehead atoms. The predicted octanol–water partition coefficient (Wildman–Crippen LogP) is 4.59. The van der Waals surface area contributed by atoms with Gasteiger partial charge in [0.05, 0.1) is 10.5 Å². The molecule has 0 saturated heterocycles. The number of nitrogens with zero attached hydrogens (tertiary/aromatic N) is 2. The topological polar surface area (TPSA) is 17.8 Å². The summed E-state index contributed by atoms with van der Waals surface area (Å²) in [6.07, 6.45) is 6.64. The molecule has 0 radical (unpaired) electrons. The fourth-order valence-electron chi connectivity index (χ4n) is 2.21. The van der Waals surface area contributed by atoms with E-state index in [1.165, 1.54) is 5.56 Å². The molecule has 0 saturated carbocycles. The molecular weight excluding hydrogens is 279 g/mol. The molecule has 3 rings (SSSR count). The van der Waals surface area contributed by atoms with Crippen molar-refractivity contribution in [1.82, 2.24) is 9.55 Å². The van der Waals surface area contributed by atoms with Gasteiger partial charge < -0.3 is 4.57 Å². The third-order valence-electron chi connectivity index (χ3n) is 3.19. The van der Waals surface area contributed by atoms with Crippen LogP contribution in [0.1, 0.15) is 5.56 Å². The summed E-state index contributed by atoms with van der Waals surface area (Å²) in [6.45, 7) is 0.893. The van der Waals surface area contributed by atoms with Crippen molar-refractivity contribution in [3.05, 3.63) is 64.5 Å². The average Bonchev–Trinajstić information content (AvgIpc) is 2.81. The summed E-state index contributed by atoms with van der Waals surface area (Å²) in [7, 11) is 0. The van der Waals surface area contributed by atoms with Gasteiger partial charge in [0, 0.05) is 35.5 Å². The number of pyridine rings is 1. The van der Waals surface area contributed by atoms with E-state index in [0.717, 1.165) is 23.9 Å². The molecule has 0 aliphatic carbocycles. The number of aromatic nitrogens is 2. The summed E-state index contributed by atoms with van der Waals surface area (Å²) in [5.74, 6) is 0. The molecule has 3 aromatic rings. The minimum absolute atomic E-state index is 0.668. The van der Waals surface area contributed by atoms with Gasteiger partial charge in [0.15, 0.2) is 0 Å². The second kappa shape index (κ2) is 5.24. The van der Waals surface area contributed by atoms with E-state index in [2.05, 4.69) is 9.55 Å². The molecule has 96 valence electrons. The van der Waals surface area contributed by atoms with Crippen molar-refractivity contribution in [1.29, 1.82) is 0 Å². The van der Waals surface area contributed by atoms with Gasteiger partial charge in [-0.15, -0.1) is 0 Å². The van der Waals surface area contributed by atoms with Crippen molar-refractivity contribution < 1.29 is 0 Å². The lowest BCUT2D eigenvalue weighted by molar-refractivity contribution is 0.722. The predicted molar refractivity (Wildman–Crippen MR) is 79.9 cm³/mol. The molecule has 0 amide bonds. The Morgan fingerprint density at radius 2 is 1.84 bits per heavy atom. The van der Waals surface area contributed by atoms with Crippen molar-refractivity contribution in [2.45, 2.75) is 13.0 Å². The summed E-state index contributed by atoms with van der Waals surface area (Å²) in [4.78, 5) is 4.02. The van der Waals surface area contributed by atoms with Gasteiger partial charge in [-0.3, -0.25) is 4.98 Å². The van der Waals surface area contributed by atoms with Crippen LogP contribution in [-0.4, -0.2) is 9.55 Å². The first kappa shape index (κ1) is 12.5. The van der Waals surface area contributed by atoms with Gasteiger partial charge >= 0.3 is 0 Å². The first-order chi connectivity index (χ1) is 9.24. The van der Waals surface area contributed by atoms with E-state index in [-0.39, 0.29) is 0 Å². The zero-order valence-corrected chi connectivity index (χ0v) is 11.7. The van der Waals surface area contributed by atoms with Crippen LogP contribution >= 0.6 is 23.2 Å². The Kier molecular flexibility index (Phi) is 3.45. The summed E-state index contributed by atoms with van der Waals surface area (Å²) >= 11 is 12.3. The van der Waals surface area contributed by atoms with Crippen LogP contribution in [0.2, 0.25) is 10.0 Å². The van der Waals surface area contributed by atoms with Crippen molar-refractivity contribution in [2.24, 2.45) is 0 Å². The Hall–Kier alpha value is -1.51. The molecule has 0 aliphatic rings. The van der Waals surface area contributed by atoms with Crippen molar-refractivity contribution in [3.63, 3.8) is 0 Å². The van der Waals surface area contributed by atoms with Gasteiger partial charge in [-0.1, -0.05) is 23.2 Å². The zero-order valence-electron chi connectivity index (χ0n) is 10.2. The maximum absolute atomic E-state index is 6.19. The van der Waals surface area contributed by atoms with Crippen LogP contribution in [0.3, 0.4) is 0 Å². The number of hydrogen-bond acceptors (Lipinski definition) is 1. The minimum atomic E-state index is 0.668. The molecule has 1 aromatic carbocycles. The molecule has 2 nitrogen and oxygen atoms in total. The lowest BCUT2D eigenvalue weighted by Gasteiger charge is -2.06. The van der Waals surface area contributed by atoms with Gasteiger partial charge in [-0.25, -0.2) is 0 Å². The van der Waals surface area contributed by atoms with Gasteiger partial charge in [-0.05, 0) is 42.3 Å². The quantitative estimate of drug-likeness (QED) is 0.690. The van der Waals surface area contributed by atoms with Gasteiger partial charge in [0.25, 0.3) is 0 Å². The SMILES string of the molecule is Clc1cc(Cl)c2ccn(CCc3ccncc3)c2c1. The Labute approximate surface area is 121 Å². The smallest absolute Gasteiger partial charge is 0.0514 e. The highest BCUT2D eigenvalue weighted by molar-refractivity contribution is 6.38. The lowest BCUT2D eigenvalue weighted by atomic mass is 10.2. The second-order valence-electron chi connectivity index (χ2n) is 4.44. The first-order valence-corrected chi connectivity index (χ1v) is 6.82. The van der Waals surface area contributed by atoms with E-state index in [0.29, 0.717) is 10.0 Å². The van der Waals surface area contributed by atoms with Crippen LogP contribution in [0.5, 0.6) is 0 Å². The molecule has 0 fully saturated rings. The second-order valence-corrected chi connectivity index (χ2v) is 5.28. The van der Waals surface area contributed by atoms with E-state index in [1.807, 2.05) is 42.9 Å². The van der Waals surface area contributed by atoms with E-state index in [1.54, 1.807) is 6.07 Å². The van der Waals surface area contributed by atoms with Crippen LogP contribution in [-0.2, 0) is 13.0 Å². The molecule has 0 spiro atoms. The molecule has 19 heavy (non-hydrogen) atoms. The maximum atomic E-state index is 6.19. The highest BCUT2D eigenvalue weighted by atomic mass is 35.5. The highest BCUT2D eigenvalue weighted by Gasteiger charge is 2.06. The molecular formula is C15H12Cl2N2. The molecule has 0 aliphatic heterocycles. The number of fused-ring (bicyclic) bond motifs is 1. The zero-order chi connectivity index (χ0) is 13.2. The fourth-order valence-corrected chi connectivity index (χ4v) is 2.76. The van der Waals surface area contributed by atoms with Gasteiger partial charge in [-0.2, -0.15) is 0 Å². The average molecular weight is 291 g/mol. The third-order valence-corrected chi connectivity index (χ3v) is 3.72. The van der Waals surface area contributed by atoms with Crippen LogP contribution < -0.4 is 0 Å². The third kappa shape index (κ3) is 2.60. The number of rotatable bonds is 3. The highest BCUT2D eigenvalue weighted by Crippen LogP contribution is 2.28. The lowest BCUT2D eigenvalue weighted by Crippen LogP contribution is -1.99. The van der Waals surface area contributed by atoms with Crippen LogP contribution in [0.15, 0.2) is 48.9 Å². The Balaban J connectivity index is 1.89. The molecule has 0 unspecified atom stereocenters. The van der Waals surface area contributed by atoms with Crippen LogP contribution in [0, 0.1) is 0 Å². The summed E-state index contributed by atoms with van der Waals surface area (Å²) in [6, 6.07) is 9.83. The van der Waals surface area contributed by atoms with Gasteiger partial charge in [0.2, 0.25) is 0 Å². The maximum Gasteiger partial charge on any atom is 0.0514 e. The summed E-state index contributed by atoms with van der Waals surface area (Å²) in [5.41, 5.74) is 2.34. The number of halogens is 2. The summed E-state index contributed by atoms with van der Waals surface area (Å²) in [5, 5.41) is 2.41. The number of aryl methyl sites for hydroxylation is 2. The van der Waals surface area contributed by atoms with Gasteiger partial charge in [0.1, 0.15) is 0 Å². The van der Waals surface area contributed by atoms with Crippen LogP contribution in [0.25, 0.3) is 10.9 Å². The van der Waals surface area contributed by atoms with E-state index in [9.17, 15) is 0 Å². The Bertz CT molecular complexity index is 705. The fraction of sp³-hybridized carbons (Fsp3) is 0.133. The molecule has 2 aromatic heterocycles. The normalized spacial score (nSPS) is 11.1. The standard InChI is InChI=1S/C15H12Cl2N2/c16-12-9-14(17)13-4-8-19(15(13)10-12)7-3-11-1-5-18-6-2-11/h1-2,4-6,8-10H,3,7H2. The Morgan fingerprint density at radius 3 is 2.63 bits per heavy atom. The van der Waals surface area contributed by atoms with E-state index >= 15 is 0 Å². The monoisotopic (exact) mass is 290 g/mol. The Morgan fingerprint density at radius 1 is 1.05 bits per heavy atom. The summed E-state index contributed by atoms with van der Waals surface area (Å²) < 4.78 is 2.17. The van der Waals surface area contributed by atoms with Crippen molar-refractivity contribution >= 4 is 34.1 Å². The van der Waals surface area contributed by atoms with Crippen LogP contribution in [0.4, 0.5) is 0 Å². The molecule has 0 N–H and O–H groups in total. The molecule has 4 heteroatoms. The first-order valence-electron chi connectivity index (χ1n) is 6.07. The molecule has 0 atom stereocenters. The van der Waals surface area contributed by atoms with Crippen molar-refractivity contribution in [2.75, 3.05) is 0 Å². The van der Waals surface area contributed by atoms with E-state index < -0.39 is 0 Å². The largest absolute Gasteiger partial charge is 0.347 e. The van der Waals surface area contributed by atoms with E-state index in [4.69, 9.17) is 23.2 Å². The molecule has 2 heterocycles. The number of benzene rings is 1. The van der Waals surface area contributed by atoms with Crippen molar-refractivity contribution in [3.8, 4) is 0 Å².